The predicted molar refractivity (Wildman–Crippen MR) is 94.3 cm³/mol. The number of unbranched alkanes of at least 4 members (excludes halogenated alkanes) is 4. The molecular formula is C19H40O3. The summed E-state index contributed by atoms with van der Waals surface area (Å²) in [5.41, 5.74) is 0. The first kappa shape index (κ1) is 21.9. The largest absolute Gasteiger partial charge is 0.388 e. The van der Waals surface area contributed by atoms with E-state index in [4.69, 9.17) is 9.47 Å². The molecule has 3 heteroatoms. The first-order chi connectivity index (χ1) is 10.6. The van der Waals surface area contributed by atoms with Gasteiger partial charge >= 0.3 is 0 Å². The molecule has 0 aliphatic rings. The van der Waals surface area contributed by atoms with Gasteiger partial charge < -0.3 is 14.6 Å². The van der Waals surface area contributed by atoms with Crippen molar-refractivity contribution in [3.05, 3.63) is 0 Å². The maximum atomic E-state index is 9.85. The van der Waals surface area contributed by atoms with E-state index >= 15 is 0 Å². The first-order valence-electron chi connectivity index (χ1n) is 9.43. The van der Waals surface area contributed by atoms with E-state index in [0.717, 1.165) is 13.2 Å². The van der Waals surface area contributed by atoms with Crippen LogP contribution in [0.5, 0.6) is 0 Å². The predicted octanol–water partition coefficient (Wildman–Crippen LogP) is 4.81. The van der Waals surface area contributed by atoms with Gasteiger partial charge in [-0.25, -0.2) is 0 Å². The number of rotatable bonds is 16. The summed E-state index contributed by atoms with van der Waals surface area (Å²) in [6.45, 7) is 11.2. The van der Waals surface area contributed by atoms with Crippen molar-refractivity contribution < 1.29 is 14.6 Å². The molecule has 0 aromatic carbocycles. The van der Waals surface area contributed by atoms with Crippen molar-refractivity contribution in [2.45, 2.75) is 85.2 Å². The SMILES string of the molecule is CCCCCC(C)COCC(O)COCC(C)CCCCC. The zero-order valence-electron chi connectivity index (χ0n) is 15.5. The summed E-state index contributed by atoms with van der Waals surface area (Å²) >= 11 is 0. The summed E-state index contributed by atoms with van der Waals surface area (Å²) in [6.07, 6.45) is 9.64. The molecule has 2 unspecified atom stereocenters. The van der Waals surface area contributed by atoms with Crippen LogP contribution in [0.25, 0.3) is 0 Å². The Morgan fingerprint density at radius 1 is 0.682 bits per heavy atom. The fourth-order valence-corrected chi connectivity index (χ4v) is 2.51. The van der Waals surface area contributed by atoms with E-state index in [1.165, 1.54) is 51.4 Å². The third kappa shape index (κ3) is 14.8. The second-order valence-electron chi connectivity index (χ2n) is 6.93. The molecule has 0 aromatic rings. The monoisotopic (exact) mass is 316 g/mol. The minimum absolute atomic E-state index is 0.391. The highest BCUT2D eigenvalue weighted by atomic mass is 16.5. The van der Waals surface area contributed by atoms with Crippen LogP contribution in [0.15, 0.2) is 0 Å². The molecule has 0 radical (unpaired) electrons. The standard InChI is InChI=1S/C19H40O3/c1-5-7-9-11-17(3)13-21-15-19(20)16-22-14-18(4)12-10-8-6-2/h17-20H,5-16H2,1-4H3. The van der Waals surface area contributed by atoms with Gasteiger partial charge in [0, 0.05) is 13.2 Å². The molecule has 1 N–H and O–H groups in total. The molecule has 3 nitrogen and oxygen atoms in total. The minimum atomic E-state index is -0.495. The third-order valence-electron chi connectivity index (χ3n) is 4.03. The van der Waals surface area contributed by atoms with Crippen LogP contribution in [0.1, 0.15) is 79.1 Å². The average molecular weight is 317 g/mol. The molecule has 0 spiro atoms. The first-order valence-corrected chi connectivity index (χ1v) is 9.43. The maximum absolute atomic E-state index is 9.85. The number of aliphatic hydroxyl groups is 1. The van der Waals surface area contributed by atoms with Gasteiger partial charge in [0.15, 0.2) is 0 Å². The van der Waals surface area contributed by atoms with Gasteiger partial charge in [-0.1, -0.05) is 66.2 Å². The van der Waals surface area contributed by atoms with Crippen LogP contribution < -0.4 is 0 Å². The molecule has 0 aliphatic heterocycles. The summed E-state index contributed by atoms with van der Waals surface area (Å²) in [7, 11) is 0. The Bertz CT molecular complexity index is 199. The van der Waals surface area contributed by atoms with Crippen molar-refractivity contribution in [3.63, 3.8) is 0 Å². The van der Waals surface area contributed by atoms with Gasteiger partial charge in [-0.2, -0.15) is 0 Å². The van der Waals surface area contributed by atoms with Gasteiger partial charge in [0.05, 0.1) is 13.2 Å². The van der Waals surface area contributed by atoms with Crippen molar-refractivity contribution in [3.8, 4) is 0 Å². The zero-order valence-corrected chi connectivity index (χ0v) is 15.5. The quantitative estimate of drug-likeness (QED) is 0.415. The highest BCUT2D eigenvalue weighted by molar-refractivity contribution is 4.57. The second kappa shape index (κ2) is 15.8. The fourth-order valence-electron chi connectivity index (χ4n) is 2.51. The van der Waals surface area contributed by atoms with Crippen LogP contribution in [-0.4, -0.2) is 37.6 Å². The van der Waals surface area contributed by atoms with E-state index in [1.54, 1.807) is 0 Å². The van der Waals surface area contributed by atoms with Gasteiger partial charge in [0.2, 0.25) is 0 Å². The molecule has 0 rings (SSSR count). The molecule has 0 amide bonds. The van der Waals surface area contributed by atoms with Gasteiger partial charge in [-0.3, -0.25) is 0 Å². The molecule has 0 heterocycles. The Morgan fingerprint density at radius 3 is 1.45 bits per heavy atom. The lowest BCUT2D eigenvalue weighted by molar-refractivity contribution is -0.0315. The smallest absolute Gasteiger partial charge is 0.101 e. The minimum Gasteiger partial charge on any atom is -0.388 e. The lowest BCUT2D eigenvalue weighted by Gasteiger charge is -2.16. The van der Waals surface area contributed by atoms with Crippen LogP contribution in [0.3, 0.4) is 0 Å². The Labute approximate surface area is 138 Å². The third-order valence-corrected chi connectivity index (χ3v) is 4.03. The molecule has 2 atom stereocenters. The summed E-state index contributed by atoms with van der Waals surface area (Å²) in [6, 6.07) is 0. The molecule has 0 aromatic heterocycles. The van der Waals surface area contributed by atoms with Gasteiger partial charge in [0.25, 0.3) is 0 Å². The lowest BCUT2D eigenvalue weighted by Crippen LogP contribution is -2.24. The van der Waals surface area contributed by atoms with Crippen molar-refractivity contribution in [1.82, 2.24) is 0 Å². The normalized spacial score (nSPS) is 15.7. The summed E-state index contributed by atoms with van der Waals surface area (Å²) < 4.78 is 11.2. The zero-order chi connectivity index (χ0) is 16.6. The molecule has 0 saturated heterocycles. The van der Waals surface area contributed by atoms with Gasteiger partial charge in [-0.05, 0) is 24.7 Å². The van der Waals surface area contributed by atoms with E-state index in [-0.39, 0.29) is 0 Å². The van der Waals surface area contributed by atoms with Crippen molar-refractivity contribution >= 4 is 0 Å². The number of ether oxygens (including phenoxy) is 2. The molecular weight excluding hydrogens is 276 g/mol. The van der Waals surface area contributed by atoms with E-state index in [9.17, 15) is 5.11 Å². The Kier molecular flexibility index (Phi) is 15.7. The van der Waals surface area contributed by atoms with E-state index in [0.29, 0.717) is 25.0 Å². The average Bonchev–Trinajstić information content (AvgIpc) is 2.48. The maximum Gasteiger partial charge on any atom is 0.101 e. The molecule has 0 aliphatic carbocycles. The Hall–Kier alpha value is -0.120. The van der Waals surface area contributed by atoms with E-state index < -0.39 is 6.10 Å². The van der Waals surface area contributed by atoms with Crippen LogP contribution in [0.4, 0.5) is 0 Å². The highest BCUT2D eigenvalue weighted by Gasteiger charge is 2.09. The van der Waals surface area contributed by atoms with Crippen LogP contribution in [-0.2, 0) is 9.47 Å². The Balaban J connectivity index is 3.43. The topological polar surface area (TPSA) is 38.7 Å². The van der Waals surface area contributed by atoms with Crippen molar-refractivity contribution in [2.75, 3.05) is 26.4 Å². The summed E-state index contributed by atoms with van der Waals surface area (Å²) in [5, 5.41) is 9.85. The summed E-state index contributed by atoms with van der Waals surface area (Å²) in [4.78, 5) is 0. The van der Waals surface area contributed by atoms with Crippen LogP contribution >= 0.6 is 0 Å². The Morgan fingerprint density at radius 2 is 1.09 bits per heavy atom. The molecule has 0 saturated carbocycles. The molecule has 0 fully saturated rings. The number of hydrogen-bond donors (Lipinski definition) is 1. The van der Waals surface area contributed by atoms with E-state index in [1.807, 2.05) is 0 Å². The molecule has 0 bridgehead atoms. The van der Waals surface area contributed by atoms with Crippen molar-refractivity contribution in [2.24, 2.45) is 11.8 Å². The second-order valence-corrected chi connectivity index (χ2v) is 6.93. The van der Waals surface area contributed by atoms with E-state index in [2.05, 4.69) is 27.7 Å². The van der Waals surface area contributed by atoms with Crippen LogP contribution in [0, 0.1) is 11.8 Å². The van der Waals surface area contributed by atoms with Gasteiger partial charge in [-0.15, -0.1) is 0 Å². The number of aliphatic hydroxyl groups excluding tert-OH is 1. The molecule has 22 heavy (non-hydrogen) atoms. The summed E-state index contributed by atoms with van der Waals surface area (Å²) in [5.74, 6) is 1.16. The van der Waals surface area contributed by atoms with Gasteiger partial charge in [0.1, 0.15) is 6.10 Å². The van der Waals surface area contributed by atoms with Crippen LogP contribution in [0.2, 0.25) is 0 Å². The highest BCUT2D eigenvalue weighted by Crippen LogP contribution is 2.11. The lowest BCUT2D eigenvalue weighted by atomic mass is 10.0. The van der Waals surface area contributed by atoms with Crippen molar-refractivity contribution in [1.29, 1.82) is 0 Å². The number of hydrogen-bond acceptors (Lipinski definition) is 3. The molecule has 134 valence electrons. The fraction of sp³-hybridized carbons (Fsp3) is 1.00.